The molecule has 0 radical (unpaired) electrons. The summed E-state index contributed by atoms with van der Waals surface area (Å²) in [5.74, 6) is 2.31. The summed E-state index contributed by atoms with van der Waals surface area (Å²) in [6.07, 6.45) is 9.14. The summed E-state index contributed by atoms with van der Waals surface area (Å²) in [6, 6.07) is 0. The van der Waals surface area contributed by atoms with Gasteiger partial charge < -0.3 is 9.47 Å². The van der Waals surface area contributed by atoms with E-state index in [0.717, 1.165) is 43.4 Å². The Morgan fingerprint density at radius 3 is 2.70 bits per heavy atom. The van der Waals surface area contributed by atoms with E-state index in [1.165, 1.54) is 17.6 Å². The third kappa shape index (κ3) is 2.12. The third-order valence-electron chi connectivity index (χ3n) is 8.58. The second kappa shape index (κ2) is 5.52. The summed E-state index contributed by atoms with van der Waals surface area (Å²) in [4.78, 5) is 13.0. The maximum atomic E-state index is 13.0. The largest absolute Gasteiger partial charge is 0.492 e. The van der Waals surface area contributed by atoms with Crippen molar-refractivity contribution < 1.29 is 14.3 Å². The van der Waals surface area contributed by atoms with Crippen LogP contribution < -0.4 is 0 Å². The minimum Gasteiger partial charge on any atom is -0.492 e. The fourth-order valence-electron chi connectivity index (χ4n) is 7.51. The average molecular weight is 369 g/mol. The summed E-state index contributed by atoms with van der Waals surface area (Å²) >= 11 is 0. The first-order valence-electron chi connectivity index (χ1n) is 10.7. The highest BCUT2D eigenvalue weighted by atomic mass is 16.6. The van der Waals surface area contributed by atoms with Gasteiger partial charge in [0, 0.05) is 23.2 Å². The molecular weight excluding hydrogens is 336 g/mol. The normalized spacial score (nSPS) is 47.0. The summed E-state index contributed by atoms with van der Waals surface area (Å²) < 4.78 is 12.4. The number of carbonyl (C=O) groups excluding carboxylic acids is 1. The van der Waals surface area contributed by atoms with Gasteiger partial charge in [0.25, 0.3) is 0 Å². The van der Waals surface area contributed by atoms with E-state index in [2.05, 4.69) is 33.4 Å². The van der Waals surface area contributed by atoms with Gasteiger partial charge in [0.1, 0.15) is 17.5 Å². The van der Waals surface area contributed by atoms with Gasteiger partial charge in [-0.25, -0.2) is 4.79 Å². The van der Waals surface area contributed by atoms with Gasteiger partial charge in [-0.2, -0.15) is 0 Å². The lowest BCUT2D eigenvalue weighted by Crippen LogP contribution is -2.69. The Hall–Kier alpha value is -1.51. The molecule has 0 aromatic carbocycles. The van der Waals surface area contributed by atoms with Crippen molar-refractivity contribution in [1.82, 2.24) is 0 Å². The Morgan fingerprint density at radius 2 is 1.93 bits per heavy atom. The summed E-state index contributed by atoms with van der Waals surface area (Å²) in [6.45, 7) is 13.1. The highest BCUT2D eigenvalue weighted by Gasteiger charge is 2.75. The maximum Gasteiger partial charge on any atom is 0.338 e. The molecule has 0 aromatic heterocycles. The van der Waals surface area contributed by atoms with Crippen LogP contribution in [0, 0.1) is 29.1 Å². The van der Waals surface area contributed by atoms with Crippen LogP contribution in [0.4, 0.5) is 0 Å². The molecule has 0 amide bonds. The van der Waals surface area contributed by atoms with Gasteiger partial charge in [0.15, 0.2) is 0 Å². The molecule has 146 valence electrons. The summed E-state index contributed by atoms with van der Waals surface area (Å²) in [5, 5.41) is 0. The summed E-state index contributed by atoms with van der Waals surface area (Å²) in [5.41, 5.74) is 3.55. The van der Waals surface area contributed by atoms with Gasteiger partial charge in [-0.15, -0.1) is 0 Å². The molecule has 3 aliphatic carbocycles. The minimum absolute atomic E-state index is 0.0290. The van der Waals surface area contributed by atoms with Crippen molar-refractivity contribution in [3.05, 3.63) is 35.1 Å². The van der Waals surface area contributed by atoms with Gasteiger partial charge in [-0.3, -0.25) is 0 Å². The van der Waals surface area contributed by atoms with E-state index in [-0.39, 0.29) is 23.1 Å². The molecule has 0 N–H and O–H groups in total. The van der Waals surface area contributed by atoms with Gasteiger partial charge in [0.2, 0.25) is 0 Å². The molecule has 2 saturated carbocycles. The van der Waals surface area contributed by atoms with Crippen molar-refractivity contribution in [1.29, 1.82) is 0 Å². The fourth-order valence-corrected chi connectivity index (χ4v) is 7.51. The van der Waals surface area contributed by atoms with Crippen LogP contribution in [0.2, 0.25) is 0 Å². The second-order valence-corrected chi connectivity index (χ2v) is 10.2. The zero-order valence-corrected chi connectivity index (χ0v) is 17.1. The molecule has 2 aliphatic heterocycles. The predicted octanol–water partition coefficient (Wildman–Crippen LogP) is 5.33. The molecule has 3 heteroatoms. The van der Waals surface area contributed by atoms with E-state index >= 15 is 0 Å². The van der Waals surface area contributed by atoms with E-state index in [0.29, 0.717) is 23.7 Å². The molecule has 6 atom stereocenters. The molecule has 0 unspecified atom stereocenters. The van der Waals surface area contributed by atoms with Gasteiger partial charge in [-0.05, 0) is 72.1 Å². The molecule has 5 rings (SSSR count). The zero-order chi connectivity index (χ0) is 19.1. The Kier molecular flexibility index (Phi) is 3.59. The lowest BCUT2D eigenvalue weighted by atomic mass is 9.42. The number of allylic oxidation sites excluding steroid dienone is 3. The van der Waals surface area contributed by atoms with Crippen molar-refractivity contribution in [3.8, 4) is 0 Å². The third-order valence-corrected chi connectivity index (χ3v) is 8.58. The molecule has 0 aromatic rings. The van der Waals surface area contributed by atoms with E-state index in [1.54, 1.807) is 0 Å². The minimum atomic E-state index is -0.208. The number of hydrogen-bond acceptors (Lipinski definition) is 3. The highest BCUT2D eigenvalue weighted by molar-refractivity contribution is 5.92. The molecular formula is C24H32O3. The van der Waals surface area contributed by atoms with Crippen molar-refractivity contribution in [3.63, 3.8) is 0 Å². The molecule has 1 spiro atoms. The van der Waals surface area contributed by atoms with E-state index < -0.39 is 0 Å². The van der Waals surface area contributed by atoms with Crippen LogP contribution in [0.25, 0.3) is 0 Å². The van der Waals surface area contributed by atoms with Crippen LogP contribution in [0.3, 0.4) is 0 Å². The first-order valence-corrected chi connectivity index (χ1v) is 10.7. The fraction of sp³-hybridized carbons (Fsp3) is 0.708. The number of rotatable bonds is 0. The van der Waals surface area contributed by atoms with Gasteiger partial charge in [-0.1, -0.05) is 23.8 Å². The number of carbonyl (C=O) groups is 1. The molecule has 5 aliphatic rings. The van der Waals surface area contributed by atoms with Crippen LogP contribution in [0.15, 0.2) is 35.1 Å². The number of fused-ring (bicyclic) bond motifs is 2. The smallest absolute Gasteiger partial charge is 0.338 e. The van der Waals surface area contributed by atoms with Crippen molar-refractivity contribution >= 4 is 5.97 Å². The second-order valence-electron chi connectivity index (χ2n) is 10.2. The van der Waals surface area contributed by atoms with Crippen molar-refractivity contribution in [2.24, 2.45) is 29.1 Å². The monoisotopic (exact) mass is 368 g/mol. The van der Waals surface area contributed by atoms with E-state index in [9.17, 15) is 4.79 Å². The van der Waals surface area contributed by atoms with E-state index in [1.807, 2.05) is 6.92 Å². The lowest BCUT2D eigenvalue weighted by molar-refractivity contribution is -0.237. The van der Waals surface area contributed by atoms with Gasteiger partial charge >= 0.3 is 5.97 Å². The Labute approximate surface area is 162 Å². The Morgan fingerprint density at radius 1 is 1.15 bits per heavy atom. The SMILES string of the molecule is C=C1CC/C=C(\C)CC[C@H]2[C@H]1[C@H]1OC(=O)C3=C(C)OC(C)(C)[C@H]4CC[C@@]12[C@H]34. The quantitative estimate of drug-likeness (QED) is 0.428. The predicted molar refractivity (Wildman–Crippen MR) is 105 cm³/mol. The molecule has 3 fully saturated rings. The molecule has 1 saturated heterocycles. The average Bonchev–Trinajstić information content (AvgIpc) is 3.00. The Balaban J connectivity index is 1.62. The number of hydrogen-bond donors (Lipinski definition) is 0. The topological polar surface area (TPSA) is 35.5 Å². The van der Waals surface area contributed by atoms with Crippen LogP contribution in [0.1, 0.15) is 66.2 Å². The molecule has 2 heterocycles. The number of esters is 1. The van der Waals surface area contributed by atoms with Crippen LogP contribution in [-0.4, -0.2) is 17.7 Å². The number of ether oxygens (including phenoxy) is 2. The first kappa shape index (κ1) is 17.6. The highest BCUT2D eigenvalue weighted by Crippen LogP contribution is 2.74. The molecule has 0 bridgehead atoms. The standard InChI is InChI=1S/C24H32O3/c1-13-7-6-8-14(2)18-16(10-9-13)24-12-11-17-20(24)19(22(25)26-21(18)24)15(3)27-23(17,4)5/h7,16-18,20-21H,2,6,8-12H2,1,3-5H3/b13-7+/t16-,17-,18-,20-,21+,24+/m0/s1. The molecule has 3 nitrogen and oxygen atoms in total. The first-order chi connectivity index (χ1) is 12.8. The van der Waals surface area contributed by atoms with Crippen LogP contribution in [0.5, 0.6) is 0 Å². The zero-order valence-electron chi connectivity index (χ0n) is 17.1. The van der Waals surface area contributed by atoms with Gasteiger partial charge in [0.05, 0.1) is 5.57 Å². The van der Waals surface area contributed by atoms with Crippen molar-refractivity contribution in [2.45, 2.75) is 77.9 Å². The lowest BCUT2D eigenvalue weighted by Gasteiger charge is -2.66. The molecule has 27 heavy (non-hydrogen) atoms. The van der Waals surface area contributed by atoms with Crippen LogP contribution in [-0.2, 0) is 14.3 Å². The van der Waals surface area contributed by atoms with Crippen LogP contribution >= 0.6 is 0 Å². The Bertz CT molecular complexity index is 785. The van der Waals surface area contributed by atoms with E-state index in [4.69, 9.17) is 9.47 Å². The summed E-state index contributed by atoms with van der Waals surface area (Å²) in [7, 11) is 0. The maximum absolute atomic E-state index is 13.0. The van der Waals surface area contributed by atoms with Crippen molar-refractivity contribution in [2.75, 3.05) is 0 Å².